The van der Waals surface area contributed by atoms with Crippen molar-refractivity contribution in [3.63, 3.8) is 0 Å². The Morgan fingerprint density at radius 2 is 2.10 bits per heavy atom. The molecule has 2 atom stereocenters. The largest absolute Gasteiger partial charge is 0.375 e. The summed E-state index contributed by atoms with van der Waals surface area (Å²) in [7, 11) is 1.94. The predicted molar refractivity (Wildman–Crippen MR) is 85.1 cm³/mol. The second kappa shape index (κ2) is 5.79. The third-order valence-electron chi connectivity index (χ3n) is 4.53. The lowest BCUT2D eigenvalue weighted by Crippen LogP contribution is -2.49. The van der Waals surface area contributed by atoms with E-state index in [0.717, 1.165) is 42.6 Å². The molecule has 2 unspecified atom stereocenters. The van der Waals surface area contributed by atoms with Crippen molar-refractivity contribution in [1.29, 1.82) is 0 Å². The number of nitrogens with zero attached hydrogens (tertiary/aromatic N) is 3. The molecule has 0 amide bonds. The molecule has 0 spiro atoms. The lowest BCUT2D eigenvalue weighted by molar-refractivity contribution is 0.0295. The van der Waals surface area contributed by atoms with Gasteiger partial charge in [-0.05, 0) is 33.1 Å². The normalized spacial score (nSPS) is 26.0. The summed E-state index contributed by atoms with van der Waals surface area (Å²) in [5, 5.41) is 3.23. The van der Waals surface area contributed by atoms with E-state index in [4.69, 9.17) is 14.7 Å². The van der Waals surface area contributed by atoms with Crippen molar-refractivity contribution >= 4 is 11.6 Å². The van der Waals surface area contributed by atoms with E-state index in [2.05, 4.69) is 31.0 Å². The second-order valence-corrected chi connectivity index (χ2v) is 6.26. The minimum absolute atomic E-state index is 0.254. The maximum absolute atomic E-state index is 5.82. The van der Waals surface area contributed by atoms with Gasteiger partial charge in [-0.25, -0.2) is 9.97 Å². The molecule has 2 heterocycles. The molecule has 0 aromatic carbocycles. The summed E-state index contributed by atoms with van der Waals surface area (Å²) >= 11 is 0. The zero-order valence-electron chi connectivity index (χ0n) is 13.5. The van der Waals surface area contributed by atoms with Gasteiger partial charge in [-0.1, -0.05) is 6.92 Å². The van der Waals surface area contributed by atoms with Gasteiger partial charge < -0.3 is 15.0 Å². The quantitative estimate of drug-likeness (QED) is 0.924. The monoisotopic (exact) mass is 290 g/mol. The van der Waals surface area contributed by atoms with Crippen LogP contribution in [0, 0.1) is 6.92 Å². The molecule has 21 heavy (non-hydrogen) atoms. The Morgan fingerprint density at radius 3 is 2.71 bits per heavy atom. The SMILES string of the molecule is CCC1COC(C)CN1c1nc(C2CC2)nc(NC)c1C. The predicted octanol–water partition coefficient (Wildman–Crippen LogP) is 2.71. The molecule has 1 N–H and O–H groups in total. The van der Waals surface area contributed by atoms with E-state index in [9.17, 15) is 0 Å². The molecule has 0 bridgehead atoms. The molecule has 0 radical (unpaired) electrons. The van der Waals surface area contributed by atoms with E-state index in [1.807, 2.05) is 7.05 Å². The molecule has 1 aliphatic heterocycles. The van der Waals surface area contributed by atoms with Crippen LogP contribution in [0.4, 0.5) is 11.6 Å². The van der Waals surface area contributed by atoms with Crippen molar-refractivity contribution in [3.8, 4) is 0 Å². The topological polar surface area (TPSA) is 50.3 Å². The molecular weight excluding hydrogens is 264 g/mol. The zero-order valence-corrected chi connectivity index (χ0v) is 13.5. The zero-order chi connectivity index (χ0) is 15.0. The number of rotatable bonds is 4. The fourth-order valence-corrected chi connectivity index (χ4v) is 3.01. The highest BCUT2D eigenvalue weighted by Gasteiger charge is 2.32. The number of hydrogen-bond acceptors (Lipinski definition) is 5. The molecule has 5 heteroatoms. The van der Waals surface area contributed by atoms with Crippen molar-refractivity contribution in [3.05, 3.63) is 11.4 Å². The number of nitrogens with one attached hydrogen (secondary N) is 1. The van der Waals surface area contributed by atoms with Crippen LogP contribution < -0.4 is 10.2 Å². The lowest BCUT2D eigenvalue weighted by atomic mass is 10.1. The van der Waals surface area contributed by atoms with Gasteiger partial charge in [-0.15, -0.1) is 0 Å². The van der Waals surface area contributed by atoms with Crippen LogP contribution in [0.5, 0.6) is 0 Å². The van der Waals surface area contributed by atoms with Crippen LogP contribution in [-0.4, -0.2) is 42.3 Å². The summed E-state index contributed by atoms with van der Waals surface area (Å²) in [6, 6.07) is 0.409. The third kappa shape index (κ3) is 2.84. The van der Waals surface area contributed by atoms with Gasteiger partial charge in [0.15, 0.2) is 0 Å². The molecule has 1 aromatic heterocycles. The number of ether oxygens (including phenoxy) is 1. The maximum Gasteiger partial charge on any atom is 0.137 e. The highest BCUT2D eigenvalue weighted by atomic mass is 16.5. The van der Waals surface area contributed by atoms with Crippen molar-refractivity contribution in [2.45, 2.75) is 58.1 Å². The average Bonchev–Trinajstić information content (AvgIpc) is 3.32. The van der Waals surface area contributed by atoms with Crippen LogP contribution in [0.15, 0.2) is 0 Å². The summed E-state index contributed by atoms with van der Waals surface area (Å²) in [4.78, 5) is 12.0. The van der Waals surface area contributed by atoms with Crippen LogP contribution in [-0.2, 0) is 4.74 Å². The Bertz CT molecular complexity index is 515. The van der Waals surface area contributed by atoms with E-state index in [-0.39, 0.29) is 6.10 Å². The van der Waals surface area contributed by atoms with E-state index >= 15 is 0 Å². The van der Waals surface area contributed by atoms with Gasteiger partial charge in [0.05, 0.1) is 18.8 Å². The highest BCUT2D eigenvalue weighted by Crippen LogP contribution is 2.40. The summed E-state index contributed by atoms with van der Waals surface area (Å²) < 4.78 is 5.82. The summed E-state index contributed by atoms with van der Waals surface area (Å²) in [6.07, 6.45) is 3.78. The average molecular weight is 290 g/mol. The lowest BCUT2D eigenvalue weighted by Gasteiger charge is -2.40. The van der Waals surface area contributed by atoms with Gasteiger partial charge in [-0.2, -0.15) is 0 Å². The Hall–Kier alpha value is -1.36. The van der Waals surface area contributed by atoms with Gasteiger partial charge in [0.25, 0.3) is 0 Å². The molecule has 2 fully saturated rings. The summed E-state index contributed by atoms with van der Waals surface area (Å²) in [5.41, 5.74) is 1.15. The van der Waals surface area contributed by atoms with Gasteiger partial charge in [0, 0.05) is 25.1 Å². The minimum atomic E-state index is 0.254. The van der Waals surface area contributed by atoms with E-state index < -0.39 is 0 Å². The van der Waals surface area contributed by atoms with Crippen molar-refractivity contribution in [1.82, 2.24) is 9.97 Å². The van der Waals surface area contributed by atoms with Crippen molar-refractivity contribution in [2.75, 3.05) is 30.4 Å². The maximum atomic E-state index is 5.82. The van der Waals surface area contributed by atoms with Gasteiger partial charge >= 0.3 is 0 Å². The fraction of sp³-hybridized carbons (Fsp3) is 0.750. The van der Waals surface area contributed by atoms with Crippen molar-refractivity contribution in [2.24, 2.45) is 0 Å². The summed E-state index contributed by atoms with van der Waals surface area (Å²) in [6.45, 7) is 8.16. The van der Waals surface area contributed by atoms with Crippen LogP contribution in [0.2, 0.25) is 0 Å². The van der Waals surface area contributed by atoms with E-state index in [0.29, 0.717) is 12.0 Å². The Morgan fingerprint density at radius 1 is 1.33 bits per heavy atom. The first kappa shape index (κ1) is 14.6. The molecule has 1 saturated heterocycles. The Balaban J connectivity index is 2.00. The molecule has 116 valence electrons. The number of anilines is 2. The highest BCUT2D eigenvalue weighted by molar-refractivity contribution is 5.59. The van der Waals surface area contributed by atoms with Gasteiger partial charge in [-0.3, -0.25) is 0 Å². The van der Waals surface area contributed by atoms with Gasteiger partial charge in [0.2, 0.25) is 0 Å². The number of hydrogen-bond donors (Lipinski definition) is 1. The molecule has 2 aliphatic rings. The van der Waals surface area contributed by atoms with Crippen LogP contribution >= 0.6 is 0 Å². The van der Waals surface area contributed by atoms with Crippen molar-refractivity contribution < 1.29 is 4.74 Å². The first-order valence-corrected chi connectivity index (χ1v) is 8.08. The van der Waals surface area contributed by atoms with E-state index in [1.54, 1.807) is 0 Å². The first-order valence-electron chi connectivity index (χ1n) is 8.08. The molecule has 5 nitrogen and oxygen atoms in total. The fourth-order valence-electron chi connectivity index (χ4n) is 3.01. The Kier molecular flexibility index (Phi) is 4.02. The minimum Gasteiger partial charge on any atom is -0.375 e. The molecule has 1 aliphatic carbocycles. The first-order chi connectivity index (χ1) is 10.1. The second-order valence-electron chi connectivity index (χ2n) is 6.26. The Labute approximate surface area is 127 Å². The smallest absolute Gasteiger partial charge is 0.137 e. The standard InChI is InChI=1S/C16H26N4O/c1-5-13-9-21-10(2)8-20(13)16-11(3)14(17-4)18-15(19-16)12-6-7-12/h10,12-13H,5-9H2,1-4H3,(H,17,18,19). The molecule has 1 aromatic rings. The third-order valence-corrected chi connectivity index (χ3v) is 4.53. The molecular formula is C16H26N4O. The van der Waals surface area contributed by atoms with Crippen LogP contribution in [0.25, 0.3) is 0 Å². The number of morpholine rings is 1. The van der Waals surface area contributed by atoms with Crippen LogP contribution in [0.3, 0.4) is 0 Å². The van der Waals surface area contributed by atoms with Crippen LogP contribution in [0.1, 0.15) is 50.4 Å². The number of aromatic nitrogens is 2. The summed E-state index contributed by atoms with van der Waals surface area (Å²) in [5.74, 6) is 3.64. The van der Waals surface area contributed by atoms with Gasteiger partial charge in [0.1, 0.15) is 17.5 Å². The molecule has 1 saturated carbocycles. The molecule has 3 rings (SSSR count). The van der Waals surface area contributed by atoms with E-state index in [1.165, 1.54) is 12.8 Å².